The number of aryl methyl sites for hydroxylation is 1. The highest BCUT2D eigenvalue weighted by Gasteiger charge is 2.16. The van der Waals surface area contributed by atoms with Gasteiger partial charge in [-0.05, 0) is 38.5 Å². The first kappa shape index (κ1) is 19.2. The van der Waals surface area contributed by atoms with E-state index in [-0.39, 0.29) is 5.43 Å². The molecule has 1 unspecified atom stereocenters. The fourth-order valence-electron chi connectivity index (χ4n) is 3.40. The van der Waals surface area contributed by atoms with Crippen LogP contribution in [0, 0.1) is 6.92 Å². The van der Waals surface area contributed by atoms with Gasteiger partial charge in [0.2, 0.25) is 0 Å². The van der Waals surface area contributed by atoms with Gasteiger partial charge in [0.15, 0.2) is 5.43 Å². The van der Waals surface area contributed by atoms with Crippen LogP contribution in [0.4, 0.5) is 0 Å². The third-order valence-corrected chi connectivity index (χ3v) is 4.98. The largest absolute Gasteiger partial charge is 0.494 e. The van der Waals surface area contributed by atoms with Gasteiger partial charge in [-0.3, -0.25) is 4.79 Å². The minimum atomic E-state index is 0.113. The van der Waals surface area contributed by atoms with E-state index in [1.165, 1.54) is 10.5 Å². The van der Waals surface area contributed by atoms with Crippen molar-refractivity contribution in [1.29, 1.82) is 0 Å². The van der Waals surface area contributed by atoms with Crippen LogP contribution >= 0.6 is 0 Å². The van der Waals surface area contributed by atoms with Crippen molar-refractivity contribution in [2.75, 3.05) is 13.2 Å². The van der Waals surface area contributed by atoms with Crippen molar-refractivity contribution in [3.63, 3.8) is 0 Å². The number of nitrogens with one attached hydrogen (secondary N) is 2. The molecular weight excluding hydrogens is 336 g/mol. The summed E-state index contributed by atoms with van der Waals surface area (Å²) in [5.41, 5.74) is 4.09. The molecule has 0 spiro atoms. The van der Waals surface area contributed by atoms with Crippen molar-refractivity contribution in [1.82, 2.24) is 4.98 Å². The van der Waals surface area contributed by atoms with Gasteiger partial charge >= 0.3 is 0 Å². The lowest BCUT2D eigenvalue weighted by Gasteiger charge is -2.19. The number of ether oxygens (including phenoxy) is 1. The Morgan fingerprint density at radius 1 is 1.04 bits per heavy atom. The zero-order valence-corrected chi connectivity index (χ0v) is 16.5. The Kier molecular flexibility index (Phi) is 6.30. The Hall–Kier alpha value is -2.59. The number of pyridine rings is 1. The first-order valence-electron chi connectivity index (χ1n) is 9.78. The van der Waals surface area contributed by atoms with Crippen molar-refractivity contribution in [3.05, 3.63) is 75.6 Å². The summed E-state index contributed by atoms with van der Waals surface area (Å²) in [6.07, 6.45) is 0.946. The molecule has 0 saturated carbocycles. The first-order valence-corrected chi connectivity index (χ1v) is 9.78. The maximum absolute atomic E-state index is 13.2. The topological polar surface area (TPSA) is 46.5 Å². The summed E-state index contributed by atoms with van der Waals surface area (Å²) < 4.78 is 5.71. The van der Waals surface area contributed by atoms with E-state index in [0.29, 0.717) is 18.5 Å². The monoisotopic (exact) mass is 365 g/mol. The second-order valence-electron chi connectivity index (χ2n) is 7.06. The quantitative estimate of drug-likeness (QED) is 0.644. The molecule has 2 N–H and O–H groups in total. The van der Waals surface area contributed by atoms with Crippen molar-refractivity contribution in [2.45, 2.75) is 40.3 Å². The molecule has 3 rings (SSSR count). The fraction of sp³-hybridized carbons (Fsp3) is 0.348. The van der Waals surface area contributed by atoms with Crippen LogP contribution < -0.4 is 15.1 Å². The van der Waals surface area contributed by atoms with E-state index in [1.54, 1.807) is 0 Å². The summed E-state index contributed by atoms with van der Waals surface area (Å²) in [6, 6.07) is 16.2. The third kappa shape index (κ3) is 4.58. The lowest BCUT2D eigenvalue weighted by Crippen LogP contribution is -3.09. The number of hydrogen-bond donors (Lipinski definition) is 2. The Bertz CT molecular complexity index is 948. The predicted octanol–water partition coefficient (Wildman–Crippen LogP) is 3.23. The van der Waals surface area contributed by atoms with Gasteiger partial charge in [-0.2, -0.15) is 0 Å². The van der Waals surface area contributed by atoms with Crippen LogP contribution in [0.25, 0.3) is 10.9 Å². The Labute approximate surface area is 160 Å². The molecule has 0 aliphatic carbocycles. The third-order valence-electron chi connectivity index (χ3n) is 4.98. The van der Waals surface area contributed by atoms with Crippen LogP contribution in [0.1, 0.15) is 37.1 Å². The molecule has 2 aromatic carbocycles. The van der Waals surface area contributed by atoms with Crippen molar-refractivity contribution < 1.29 is 9.64 Å². The van der Waals surface area contributed by atoms with Crippen LogP contribution in [-0.2, 0) is 13.1 Å². The number of fused-ring (bicyclic) bond motifs is 1. The summed E-state index contributed by atoms with van der Waals surface area (Å²) in [4.78, 5) is 18.0. The Morgan fingerprint density at radius 2 is 1.81 bits per heavy atom. The van der Waals surface area contributed by atoms with Gasteiger partial charge in [0.05, 0.1) is 18.7 Å². The number of quaternary nitrogens is 1. The average Bonchev–Trinajstić information content (AvgIpc) is 2.69. The van der Waals surface area contributed by atoms with Crippen LogP contribution in [0.2, 0.25) is 0 Å². The van der Waals surface area contributed by atoms with Crippen LogP contribution in [-0.4, -0.2) is 18.1 Å². The second kappa shape index (κ2) is 8.87. The molecule has 0 aliphatic rings. The van der Waals surface area contributed by atoms with Crippen LogP contribution in [0.3, 0.4) is 0 Å². The van der Waals surface area contributed by atoms with Crippen LogP contribution in [0.5, 0.6) is 5.75 Å². The highest BCUT2D eigenvalue weighted by atomic mass is 16.5. The van der Waals surface area contributed by atoms with Crippen molar-refractivity contribution in [2.24, 2.45) is 0 Å². The Balaban J connectivity index is 1.91. The zero-order valence-electron chi connectivity index (χ0n) is 16.5. The number of H-pyrrole nitrogens is 1. The molecule has 4 nitrogen and oxygen atoms in total. The number of aromatic nitrogens is 1. The second-order valence-corrected chi connectivity index (χ2v) is 7.06. The molecule has 0 bridgehead atoms. The number of rotatable bonds is 8. The van der Waals surface area contributed by atoms with E-state index in [0.717, 1.165) is 42.0 Å². The van der Waals surface area contributed by atoms with E-state index in [2.05, 4.69) is 43.1 Å². The van der Waals surface area contributed by atoms with Gasteiger partial charge in [-0.25, -0.2) is 0 Å². The van der Waals surface area contributed by atoms with Crippen molar-refractivity contribution in [3.8, 4) is 5.75 Å². The van der Waals surface area contributed by atoms with Gasteiger partial charge in [-0.15, -0.1) is 0 Å². The molecule has 0 radical (unpaired) electrons. The minimum Gasteiger partial charge on any atom is -0.494 e. The molecular formula is C23H29N2O2+. The molecule has 0 fully saturated rings. The maximum Gasteiger partial charge on any atom is 0.198 e. The maximum atomic E-state index is 13.2. The Morgan fingerprint density at radius 3 is 2.52 bits per heavy atom. The lowest BCUT2D eigenvalue weighted by atomic mass is 10.1. The van der Waals surface area contributed by atoms with E-state index in [4.69, 9.17) is 4.74 Å². The molecule has 0 amide bonds. The van der Waals surface area contributed by atoms with E-state index in [9.17, 15) is 4.79 Å². The fourth-order valence-corrected chi connectivity index (χ4v) is 3.40. The molecule has 3 aromatic rings. The number of hydrogen-bond acceptors (Lipinski definition) is 2. The SMILES string of the molecule is CCCOc1ccc2[nH]c(C)c(C[NH+](CC)Cc3ccccc3)c(=O)c2c1. The molecule has 142 valence electrons. The molecule has 4 heteroatoms. The summed E-state index contributed by atoms with van der Waals surface area (Å²) in [6.45, 7) is 9.48. The van der Waals surface area contributed by atoms with E-state index < -0.39 is 0 Å². The van der Waals surface area contributed by atoms with E-state index in [1.807, 2.05) is 31.2 Å². The van der Waals surface area contributed by atoms with E-state index >= 15 is 0 Å². The summed E-state index contributed by atoms with van der Waals surface area (Å²) in [5.74, 6) is 0.758. The molecule has 0 aliphatic heterocycles. The predicted molar refractivity (Wildman–Crippen MR) is 110 cm³/mol. The standard InChI is InChI=1S/C23H28N2O2/c1-4-13-27-19-11-12-22-20(14-19)23(26)21(17(3)24-22)16-25(5-2)15-18-9-7-6-8-10-18/h6-12,14H,4-5,13,15-16H2,1-3H3,(H,24,26)/p+1. The summed E-state index contributed by atoms with van der Waals surface area (Å²) in [5, 5.41) is 0.708. The van der Waals surface area contributed by atoms with Gasteiger partial charge in [-0.1, -0.05) is 37.3 Å². The normalized spacial score (nSPS) is 12.3. The molecule has 1 atom stereocenters. The molecule has 27 heavy (non-hydrogen) atoms. The molecule has 0 saturated heterocycles. The summed E-state index contributed by atoms with van der Waals surface area (Å²) in [7, 11) is 0. The van der Waals surface area contributed by atoms with Crippen LogP contribution in [0.15, 0.2) is 53.3 Å². The van der Waals surface area contributed by atoms with Gasteiger partial charge in [0, 0.05) is 22.2 Å². The number of aromatic amines is 1. The van der Waals surface area contributed by atoms with Gasteiger partial charge in [0.1, 0.15) is 18.8 Å². The highest BCUT2D eigenvalue weighted by molar-refractivity contribution is 5.81. The molecule has 1 heterocycles. The lowest BCUT2D eigenvalue weighted by molar-refractivity contribution is -0.925. The van der Waals surface area contributed by atoms with Gasteiger partial charge in [0.25, 0.3) is 0 Å². The zero-order chi connectivity index (χ0) is 19.2. The first-order chi connectivity index (χ1) is 13.1. The van der Waals surface area contributed by atoms with Crippen molar-refractivity contribution >= 4 is 10.9 Å². The average molecular weight is 365 g/mol. The highest BCUT2D eigenvalue weighted by Crippen LogP contribution is 2.18. The smallest absolute Gasteiger partial charge is 0.198 e. The number of benzene rings is 2. The molecule has 1 aromatic heterocycles. The minimum absolute atomic E-state index is 0.113. The summed E-state index contributed by atoms with van der Waals surface area (Å²) >= 11 is 0. The van der Waals surface area contributed by atoms with Gasteiger partial charge < -0.3 is 14.6 Å².